The van der Waals surface area contributed by atoms with Gasteiger partial charge >= 0.3 is 0 Å². The summed E-state index contributed by atoms with van der Waals surface area (Å²) in [6, 6.07) is 17.1. The smallest absolute Gasteiger partial charge is 0.239 e. The van der Waals surface area contributed by atoms with E-state index in [1.165, 1.54) is 0 Å². The summed E-state index contributed by atoms with van der Waals surface area (Å²) >= 11 is 0. The van der Waals surface area contributed by atoms with E-state index in [0.717, 1.165) is 11.4 Å². The number of anilines is 1. The van der Waals surface area contributed by atoms with Gasteiger partial charge in [0.05, 0.1) is 12.2 Å². The highest BCUT2D eigenvalue weighted by Gasteiger charge is 2.05. The molecule has 0 aliphatic rings. The molecule has 1 amide bonds. The van der Waals surface area contributed by atoms with E-state index in [4.69, 9.17) is 9.47 Å². The second-order valence-corrected chi connectivity index (χ2v) is 4.81. The normalized spacial score (nSPS) is 9.96. The van der Waals surface area contributed by atoms with Crippen molar-refractivity contribution in [2.45, 2.75) is 6.92 Å². The highest BCUT2D eigenvalue weighted by atomic mass is 16.5. The van der Waals surface area contributed by atoms with Gasteiger partial charge in [0.1, 0.15) is 24.7 Å². The molecule has 0 saturated heterocycles. The molecule has 0 saturated carbocycles. The van der Waals surface area contributed by atoms with Crippen LogP contribution in [0.1, 0.15) is 6.92 Å². The lowest BCUT2D eigenvalue weighted by Crippen LogP contribution is -2.29. The molecule has 0 fully saturated rings. The highest BCUT2D eigenvalue weighted by Crippen LogP contribution is 2.23. The molecule has 0 aliphatic carbocycles. The summed E-state index contributed by atoms with van der Waals surface area (Å²) in [6.07, 6.45) is 0. The molecule has 0 aliphatic heterocycles. The van der Waals surface area contributed by atoms with Gasteiger partial charge in [-0.2, -0.15) is 0 Å². The number of amides is 1. The van der Waals surface area contributed by atoms with Crippen molar-refractivity contribution < 1.29 is 14.3 Å². The Morgan fingerprint density at radius 2 is 1.65 bits per heavy atom. The number of para-hydroxylation sites is 3. The number of hydrogen-bond acceptors (Lipinski definition) is 4. The van der Waals surface area contributed by atoms with Gasteiger partial charge in [0.15, 0.2) is 0 Å². The molecule has 23 heavy (non-hydrogen) atoms. The summed E-state index contributed by atoms with van der Waals surface area (Å²) in [5, 5.41) is 5.82. The minimum atomic E-state index is -0.0466. The number of carbonyl (C=O) groups is 1. The summed E-state index contributed by atoms with van der Waals surface area (Å²) in [6.45, 7) is 3.61. The van der Waals surface area contributed by atoms with E-state index in [1.807, 2.05) is 61.5 Å². The van der Waals surface area contributed by atoms with Crippen LogP contribution in [-0.4, -0.2) is 32.2 Å². The summed E-state index contributed by atoms with van der Waals surface area (Å²) in [5.41, 5.74) is 0.790. The van der Waals surface area contributed by atoms with Gasteiger partial charge < -0.3 is 20.1 Å². The number of nitrogens with one attached hydrogen (secondary N) is 2. The predicted octanol–water partition coefficient (Wildman–Crippen LogP) is 2.69. The van der Waals surface area contributed by atoms with Crippen molar-refractivity contribution in [1.29, 1.82) is 0 Å². The van der Waals surface area contributed by atoms with Crippen LogP contribution in [0.25, 0.3) is 0 Å². The van der Waals surface area contributed by atoms with E-state index >= 15 is 0 Å². The van der Waals surface area contributed by atoms with Crippen LogP contribution < -0.4 is 20.1 Å². The van der Waals surface area contributed by atoms with E-state index in [-0.39, 0.29) is 12.5 Å². The van der Waals surface area contributed by atoms with Gasteiger partial charge in [-0.05, 0) is 31.2 Å². The molecule has 2 N–H and O–H groups in total. The summed E-state index contributed by atoms with van der Waals surface area (Å²) in [7, 11) is 0. The number of likely N-dealkylation sites (N-methyl/N-ethyl adjacent to an activating group) is 1. The third-order valence-electron chi connectivity index (χ3n) is 3.05. The zero-order chi connectivity index (χ0) is 16.3. The van der Waals surface area contributed by atoms with Gasteiger partial charge in [-0.25, -0.2) is 0 Å². The molecule has 2 aromatic rings. The Labute approximate surface area is 136 Å². The molecule has 0 bridgehead atoms. The zero-order valence-corrected chi connectivity index (χ0v) is 13.2. The first-order valence-corrected chi connectivity index (χ1v) is 7.70. The molecule has 5 nitrogen and oxygen atoms in total. The molecule has 2 aromatic carbocycles. The number of carbonyl (C=O) groups excluding carboxylic acids is 1. The zero-order valence-electron chi connectivity index (χ0n) is 13.2. The third kappa shape index (κ3) is 5.90. The van der Waals surface area contributed by atoms with Crippen LogP contribution in [0.4, 0.5) is 5.69 Å². The van der Waals surface area contributed by atoms with Crippen LogP contribution in [0.5, 0.6) is 11.5 Å². The van der Waals surface area contributed by atoms with Gasteiger partial charge in [-0.1, -0.05) is 30.3 Å². The van der Waals surface area contributed by atoms with E-state index < -0.39 is 0 Å². The van der Waals surface area contributed by atoms with Gasteiger partial charge in [-0.3, -0.25) is 4.79 Å². The third-order valence-corrected chi connectivity index (χ3v) is 3.05. The van der Waals surface area contributed by atoms with Crippen molar-refractivity contribution in [3.63, 3.8) is 0 Å². The topological polar surface area (TPSA) is 59.6 Å². The lowest BCUT2D eigenvalue weighted by atomic mass is 10.3. The summed E-state index contributed by atoms with van der Waals surface area (Å²) in [5.74, 6) is 1.47. The molecule has 0 aromatic heterocycles. The van der Waals surface area contributed by atoms with Gasteiger partial charge in [0.25, 0.3) is 0 Å². The molecule has 122 valence electrons. The number of rotatable bonds is 9. The minimum absolute atomic E-state index is 0.0466. The summed E-state index contributed by atoms with van der Waals surface area (Å²) < 4.78 is 11.3. The van der Waals surface area contributed by atoms with Crippen LogP contribution >= 0.6 is 0 Å². The molecule has 0 unspecified atom stereocenters. The van der Waals surface area contributed by atoms with Gasteiger partial charge in [-0.15, -0.1) is 0 Å². The first kappa shape index (κ1) is 16.7. The van der Waals surface area contributed by atoms with Crippen molar-refractivity contribution in [2.24, 2.45) is 0 Å². The Balaban J connectivity index is 1.79. The first-order chi connectivity index (χ1) is 11.3. The fraction of sp³-hybridized carbons (Fsp3) is 0.278. The Hall–Kier alpha value is -2.69. The average Bonchev–Trinajstić information content (AvgIpc) is 2.59. The maximum absolute atomic E-state index is 11.5. The predicted molar refractivity (Wildman–Crippen MR) is 91.0 cm³/mol. The highest BCUT2D eigenvalue weighted by molar-refractivity contribution is 5.81. The van der Waals surface area contributed by atoms with E-state index in [0.29, 0.717) is 25.5 Å². The SMILES string of the molecule is CCNC(=O)CNc1ccccc1OCCOc1ccccc1. The number of hydrogen-bond donors (Lipinski definition) is 2. The second kappa shape index (κ2) is 9.35. The van der Waals surface area contributed by atoms with Gasteiger partial charge in [0, 0.05) is 6.54 Å². The Bertz CT molecular complexity index is 602. The molecule has 0 atom stereocenters. The van der Waals surface area contributed by atoms with Crippen LogP contribution in [0.15, 0.2) is 54.6 Å². The van der Waals surface area contributed by atoms with Gasteiger partial charge in [0.2, 0.25) is 5.91 Å². The Morgan fingerprint density at radius 3 is 2.43 bits per heavy atom. The molecule has 0 radical (unpaired) electrons. The number of ether oxygens (including phenoxy) is 2. The van der Waals surface area contributed by atoms with Crippen LogP contribution in [0.2, 0.25) is 0 Å². The maximum atomic E-state index is 11.5. The van der Waals surface area contributed by atoms with Crippen LogP contribution in [0, 0.1) is 0 Å². The fourth-order valence-electron chi connectivity index (χ4n) is 2.00. The quantitative estimate of drug-likeness (QED) is 0.699. The largest absolute Gasteiger partial charge is 0.490 e. The second-order valence-electron chi connectivity index (χ2n) is 4.81. The van der Waals surface area contributed by atoms with Crippen molar-refractivity contribution in [3.05, 3.63) is 54.6 Å². The maximum Gasteiger partial charge on any atom is 0.239 e. The molecular weight excluding hydrogens is 292 g/mol. The summed E-state index contributed by atoms with van der Waals surface area (Å²) in [4.78, 5) is 11.5. The van der Waals surface area contributed by atoms with Crippen molar-refractivity contribution in [2.75, 3.05) is 31.6 Å². The lowest BCUT2D eigenvalue weighted by molar-refractivity contribution is -0.119. The van der Waals surface area contributed by atoms with Crippen LogP contribution in [-0.2, 0) is 4.79 Å². The molecule has 0 spiro atoms. The monoisotopic (exact) mass is 314 g/mol. The van der Waals surface area contributed by atoms with Crippen LogP contribution in [0.3, 0.4) is 0 Å². The Morgan fingerprint density at radius 1 is 0.957 bits per heavy atom. The Kier molecular flexibility index (Phi) is 6.78. The van der Waals surface area contributed by atoms with Crippen molar-refractivity contribution in [3.8, 4) is 11.5 Å². The molecule has 2 rings (SSSR count). The molecule has 0 heterocycles. The number of benzene rings is 2. The minimum Gasteiger partial charge on any atom is -0.490 e. The first-order valence-electron chi connectivity index (χ1n) is 7.70. The van der Waals surface area contributed by atoms with E-state index in [1.54, 1.807) is 0 Å². The molecular formula is C18H22N2O3. The van der Waals surface area contributed by atoms with Crippen molar-refractivity contribution >= 4 is 11.6 Å². The van der Waals surface area contributed by atoms with E-state index in [9.17, 15) is 4.79 Å². The fourth-order valence-corrected chi connectivity index (χ4v) is 2.00. The average molecular weight is 314 g/mol. The van der Waals surface area contributed by atoms with E-state index in [2.05, 4.69) is 10.6 Å². The van der Waals surface area contributed by atoms with Crippen molar-refractivity contribution in [1.82, 2.24) is 5.32 Å². The lowest BCUT2D eigenvalue weighted by Gasteiger charge is -2.13. The molecule has 5 heteroatoms. The standard InChI is InChI=1S/C18H22N2O3/c1-2-19-18(21)14-20-16-10-6-7-11-17(16)23-13-12-22-15-8-4-3-5-9-15/h3-11,20H,2,12-14H2,1H3,(H,19,21).